The van der Waals surface area contributed by atoms with Gasteiger partial charge in [0.2, 0.25) is 0 Å². The fraction of sp³-hybridized carbons (Fsp3) is 0.154. The topological polar surface area (TPSA) is 18.5 Å². The molecule has 0 heterocycles. The summed E-state index contributed by atoms with van der Waals surface area (Å²) in [4.78, 5) is 0. The number of rotatable bonds is 10. The van der Waals surface area contributed by atoms with Crippen LogP contribution in [0.15, 0.2) is 110 Å². The standard InChI is InChI=1S/C26H26O2/c1-2-25(27-20-23-14-8-4-9-15-23)26(19-18-22-12-6-3-7-13-22)28-21-24-16-10-5-11-17-24/h2-19,25-26H,1,20-21H2/b19-18-/t25-,26+/m0/s1. The largest absolute Gasteiger partial charge is 0.366 e. The van der Waals surface area contributed by atoms with E-state index in [9.17, 15) is 0 Å². The molecule has 28 heavy (non-hydrogen) atoms. The maximum atomic E-state index is 6.21. The zero-order valence-corrected chi connectivity index (χ0v) is 16.0. The van der Waals surface area contributed by atoms with Gasteiger partial charge < -0.3 is 9.47 Å². The summed E-state index contributed by atoms with van der Waals surface area (Å²) in [6.45, 7) is 5.00. The molecule has 0 bridgehead atoms. The van der Waals surface area contributed by atoms with Crippen molar-refractivity contribution in [2.24, 2.45) is 0 Å². The van der Waals surface area contributed by atoms with E-state index in [0.29, 0.717) is 13.2 Å². The Morgan fingerprint density at radius 3 is 1.61 bits per heavy atom. The molecule has 0 unspecified atom stereocenters. The monoisotopic (exact) mass is 370 g/mol. The van der Waals surface area contributed by atoms with Gasteiger partial charge in [-0.25, -0.2) is 0 Å². The summed E-state index contributed by atoms with van der Waals surface area (Å²) in [5.74, 6) is 0. The molecule has 0 fully saturated rings. The first-order chi connectivity index (χ1) is 13.8. The highest BCUT2D eigenvalue weighted by atomic mass is 16.5. The molecular formula is C26H26O2. The summed E-state index contributed by atoms with van der Waals surface area (Å²) in [6.07, 6.45) is 5.45. The van der Waals surface area contributed by atoms with Gasteiger partial charge in [0, 0.05) is 0 Å². The van der Waals surface area contributed by atoms with Gasteiger partial charge >= 0.3 is 0 Å². The molecule has 2 heteroatoms. The van der Waals surface area contributed by atoms with Crippen LogP contribution in [0.25, 0.3) is 6.08 Å². The Kier molecular flexibility index (Phi) is 7.80. The lowest BCUT2D eigenvalue weighted by Crippen LogP contribution is -2.28. The zero-order chi connectivity index (χ0) is 19.4. The SMILES string of the molecule is C=C[C@H](OCc1ccccc1)[C@@H](/C=C\c1ccccc1)OCc1ccccc1. The van der Waals surface area contributed by atoms with Crippen molar-refractivity contribution >= 4 is 6.08 Å². The molecule has 0 saturated heterocycles. The Hall–Kier alpha value is -2.94. The van der Waals surface area contributed by atoms with E-state index in [4.69, 9.17) is 9.47 Å². The molecule has 0 N–H and O–H groups in total. The summed E-state index contributed by atoms with van der Waals surface area (Å²) >= 11 is 0. The Labute approximate surface area is 167 Å². The maximum absolute atomic E-state index is 6.21. The fourth-order valence-electron chi connectivity index (χ4n) is 2.86. The highest BCUT2D eigenvalue weighted by molar-refractivity contribution is 5.49. The van der Waals surface area contributed by atoms with E-state index < -0.39 is 0 Å². The molecule has 0 amide bonds. The molecule has 0 aliphatic rings. The summed E-state index contributed by atoms with van der Waals surface area (Å²) in [7, 11) is 0. The van der Waals surface area contributed by atoms with Crippen LogP contribution in [0.4, 0.5) is 0 Å². The van der Waals surface area contributed by atoms with Gasteiger partial charge in [0.25, 0.3) is 0 Å². The Morgan fingerprint density at radius 1 is 0.643 bits per heavy atom. The van der Waals surface area contributed by atoms with Crippen LogP contribution < -0.4 is 0 Å². The van der Waals surface area contributed by atoms with Gasteiger partial charge in [0.05, 0.1) is 13.2 Å². The van der Waals surface area contributed by atoms with Crippen LogP contribution in [-0.2, 0) is 22.7 Å². The number of hydrogen-bond acceptors (Lipinski definition) is 2. The summed E-state index contributed by atoms with van der Waals surface area (Å²) in [5.41, 5.74) is 3.39. The van der Waals surface area contributed by atoms with Crippen LogP contribution in [0.3, 0.4) is 0 Å². The second-order valence-corrected chi connectivity index (χ2v) is 6.53. The van der Waals surface area contributed by atoms with Crippen LogP contribution >= 0.6 is 0 Å². The number of ether oxygens (including phenoxy) is 2. The smallest absolute Gasteiger partial charge is 0.106 e. The van der Waals surface area contributed by atoms with E-state index in [1.807, 2.05) is 60.7 Å². The number of benzene rings is 3. The first-order valence-electron chi connectivity index (χ1n) is 9.52. The molecule has 0 spiro atoms. The van der Waals surface area contributed by atoms with Crippen molar-refractivity contribution in [2.45, 2.75) is 25.4 Å². The molecule has 2 atom stereocenters. The predicted molar refractivity (Wildman–Crippen MR) is 116 cm³/mol. The van der Waals surface area contributed by atoms with Crippen LogP contribution in [0.5, 0.6) is 0 Å². The molecule has 0 radical (unpaired) electrons. The Bertz CT molecular complexity index is 841. The van der Waals surface area contributed by atoms with Crippen LogP contribution in [0, 0.1) is 0 Å². The van der Waals surface area contributed by atoms with Gasteiger partial charge in [-0.3, -0.25) is 0 Å². The zero-order valence-electron chi connectivity index (χ0n) is 16.0. The molecular weight excluding hydrogens is 344 g/mol. The first kappa shape index (κ1) is 19.8. The molecule has 3 aromatic carbocycles. The normalized spacial score (nSPS) is 13.3. The Morgan fingerprint density at radius 2 is 1.11 bits per heavy atom. The van der Waals surface area contributed by atoms with Gasteiger partial charge in [-0.2, -0.15) is 0 Å². The highest BCUT2D eigenvalue weighted by Gasteiger charge is 2.18. The van der Waals surface area contributed by atoms with E-state index in [-0.39, 0.29) is 12.2 Å². The first-order valence-corrected chi connectivity index (χ1v) is 9.52. The minimum atomic E-state index is -0.246. The van der Waals surface area contributed by atoms with Gasteiger partial charge in [-0.1, -0.05) is 109 Å². The fourth-order valence-corrected chi connectivity index (χ4v) is 2.86. The summed E-state index contributed by atoms with van der Waals surface area (Å²) in [6, 6.07) is 30.5. The van der Waals surface area contributed by atoms with Crippen molar-refractivity contribution in [1.82, 2.24) is 0 Å². The minimum Gasteiger partial charge on any atom is -0.366 e. The molecule has 2 nitrogen and oxygen atoms in total. The van der Waals surface area contributed by atoms with E-state index in [2.05, 4.69) is 55.1 Å². The van der Waals surface area contributed by atoms with Gasteiger partial charge in [0.15, 0.2) is 0 Å². The van der Waals surface area contributed by atoms with Crippen molar-refractivity contribution in [1.29, 1.82) is 0 Å². The van der Waals surface area contributed by atoms with Crippen LogP contribution in [0.1, 0.15) is 16.7 Å². The van der Waals surface area contributed by atoms with Crippen molar-refractivity contribution < 1.29 is 9.47 Å². The van der Waals surface area contributed by atoms with Crippen molar-refractivity contribution in [3.05, 3.63) is 126 Å². The van der Waals surface area contributed by atoms with Gasteiger partial charge in [0.1, 0.15) is 12.2 Å². The molecule has 3 rings (SSSR count). The second kappa shape index (κ2) is 11.0. The molecule has 0 aliphatic carbocycles. The molecule has 142 valence electrons. The van der Waals surface area contributed by atoms with Crippen LogP contribution in [-0.4, -0.2) is 12.2 Å². The lowest BCUT2D eigenvalue weighted by Gasteiger charge is -2.23. The highest BCUT2D eigenvalue weighted by Crippen LogP contribution is 2.15. The predicted octanol–water partition coefficient (Wildman–Crippen LogP) is 6.06. The summed E-state index contributed by atoms with van der Waals surface area (Å²) in [5, 5.41) is 0. The minimum absolute atomic E-state index is 0.235. The molecule has 0 aliphatic heterocycles. The van der Waals surface area contributed by atoms with E-state index in [1.54, 1.807) is 0 Å². The maximum Gasteiger partial charge on any atom is 0.106 e. The average molecular weight is 370 g/mol. The summed E-state index contributed by atoms with van der Waals surface area (Å²) < 4.78 is 12.3. The van der Waals surface area contributed by atoms with Crippen LogP contribution in [0.2, 0.25) is 0 Å². The van der Waals surface area contributed by atoms with Crippen molar-refractivity contribution in [3.63, 3.8) is 0 Å². The van der Waals surface area contributed by atoms with E-state index >= 15 is 0 Å². The van der Waals surface area contributed by atoms with Crippen molar-refractivity contribution in [3.8, 4) is 0 Å². The molecule has 0 aromatic heterocycles. The number of hydrogen-bond donors (Lipinski definition) is 0. The molecule has 0 saturated carbocycles. The third-order valence-corrected chi connectivity index (χ3v) is 4.40. The molecule has 3 aromatic rings. The third-order valence-electron chi connectivity index (χ3n) is 4.40. The van der Waals surface area contributed by atoms with E-state index in [1.165, 1.54) is 0 Å². The van der Waals surface area contributed by atoms with Gasteiger partial charge in [-0.05, 0) is 16.7 Å². The lowest BCUT2D eigenvalue weighted by atomic mass is 10.1. The Balaban J connectivity index is 1.70. The average Bonchev–Trinajstić information content (AvgIpc) is 2.77. The van der Waals surface area contributed by atoms with Gasteiger partial charge in [-0.15, -0.1) is 6.58 Å². The third kappa shape index (κ3) is 6.34. The quantitative estimate of drug-likeness (QED) is 0.404. The lowest BCUT2D eigenvalue weighted by molar-refractivity contribution is -0.0416. The second-order valence-electron chi connectivity index (χ2n) is 6.53. The van der Waals surface area contributed by atoms with Crippen molar-refractivity contribution in [2.75, 3.05) is 0 Å². The van der Waals surface area contributed by atoms with E-state index in [0.717, 1.165) is 16.7 Å².